The highest BCUT2D eigenvalue weighted by molar-refractivity contribution is 7.90. The first-order chi connectivity index (χ1) is 8.97. The molecule has 1 heterocycles. The lowest BCUT2D eigenvalue weighted by Gasteiger charge is -2.35. The Morgan fingerprint density at radius 3 is 2.37 bits per heavy atom. The molecule has 0 aromatic rings. The van der Waals surface area contributed by atoms with E-state index in [-0.39, 0.29) is 5.25 Å². The van der Waals surface area contributed by atoms with E-state index in [0.717, 1.165) is 45.3 Å². The fourth-order valence-electron chi connectivity index (χ4n) is 2.64. The Morgan fingerprint density at radius 1 is 1.16 bits per heavy atom. The quantitative estimate of drug-likeness (QED) is 0.710. The summed E-state index contributed by atoms with van der Waals surface area (Å²) in [7, 11) is -2.99. The van der Waals surface area contributed by atoms with E-state index in [0.29, 0.717) is 18.8 Å². The maximum Gasteiger partial charge on any atom is 0.214 e. The second kappa shape index (κ2) is 6.52. The fourth-order valence-corrected chi connectivity index (χ4v) is 4.06. The first kappa shape index (κ1) is 15.2. The van der Waals surface area contributed by atoms with E-state index in [2.05, 4.69) is 23.5 Å². The minimum atomic E-state index is -2.99. The lowest BCUT2D eigenvalue weighted by molar-refractivity contribution is -0.0681. The summed E-state index contributed by atoms with van der Waals surface area (Å²) in [6.07, 6.45) is 4.21. The number of rotatable bonds is 7. The second-order valence-corrected chi connectivity index (χ2v) is 7.91. The molecule has 1 aliphatic carbocycles. The summed E-state index contributed by atoms with van der Waals surface area (Å²) in [5, 5.41) is -0.103. The molecule has 2 fully saturated rings. The van der Waals surface area contributed by atoms with Crippen LogP contribution in [0.5, 0.6) is 0 Å². The van der Waals surface area contributed by atoms with Crippen LogP contribution in [0.4, 0.5) is 0 Å². The molecule has 19 heavy (non-hydrogen) atoms. The highest BCUT2D eigenvalue weighted by Gasteiger charge is 2.35. The molecule has 0 radical (unpaired) electrons. The Morgan fingerprint density at radius 2 is 1.79 bits per heavy atom. The molecular weight excluding hydrogens is 264 g/mol. The van der Waals surface area contributed by atoms with E-state index in [9.17, 15) is 8.42 Å². The summed E-state index contributed by atoms with van der Waals surface area (Å²) in [6.45, 7) is 7.78. The Kier molecular flexibility index (Phi) is 5.22. The van der Waals surface area contributed by atoms with Crippen molar-refractivity contribution in [3.8, 4) is 0 Å². The van der Waals surface area contributed by atoms with Gasteiger partial charge < -0.3 is 4.74 Å². The molecule has 0 spiro atoms. The van der Waals surface area contributed by atoms with Gasteiger partial charge in [0.1, 0.15) is 0 Å². The SMILES string of the molecule is C[C@@H]1CN(CCCCNS(=O)(=O)C2CC2)C[C@@H](C)O1. The number of nitrogens with one attached hydrogen (secondary N) is 1. The number of hydrogen-bond donors (Lipinski definition) is 1. The maximum atomic E-state index is 11.6. The summed E-state index contributed by atoms with van der Waals surface area (Å²) in [4.78, 5) is 2.41. The van der Waals surface area contributed by atoms with E-state index >= 15 is 0 Å². The zero-order valence-electron chi connectivity index (χ0n) is 12.0. The van der Waals surface area contributed by atoms with Crippen molar-refractivity contribution in [2.75, 3.05) is 26.2 Å². The van der Waals surface area contributed by atoms with Crippen molar-refractivity contribution in [3.63, 3.8) is 0 Å². The van der Waals surface area contributed by atoms with Crippen molar-refractivity contribution < 1.29 is 13.2 Å². The van der Waals surface area contributed by atoms with Gasteiger partial charge in [-0.3, -0.25) is 4.90 Å². The predicted molar refractivity (Wildman–Crippen MR) is 75.6 cm³/mol. The van der Waals surface area contributed by atoms with Crippen molar-refractivity contribution >= 4 is 10.0 Å². The van der Waals surface area contributed by atoms with Gasteiger partial charge in [0.2, 0.25) is 10.0 Å². The van der Waals surface area contributed by atoms with Gasteiger partial charge >= 0.3 is 0 Å². The second-order valence-electron chi connectivity index (χ2n) is 5.86. The molecule has 2 atom stereocenters. The molecule has 0 aromatic carbocycles. The van der Waals surface area contributed by atoms with Crippen LogP contribution in [0.25, 0.3) is 0 Å². The summed E-state index contributed by atoms with van der Waals surface area (Å²) < 4.78 is 31.6. The molecule has 5 nitrogen and oxygen atoms in total. The number of sulfonamides is 1. The average Bonchev–Trinajstić information content (AvgIpc) is 3.10. The molecule has 1 N–H and O–H groups in total. The lowest BCUT2D eigenvalue weighted by Crippen LogP contribution is -2.45. The third-order valence-electron chi connectivity index (χ3n) is 3.66. The predicted octanol–water partition coefficient (Wildman–Crippen LogP) is 0.958. The Labute approximate surface area is 116 Å². The van der Waals surface area contributed by atoms with Gasteiger partial charge in [0.15, 0.2) is 0 Å². The first-order valence-electron chi connectivity index (χ1n) is 7.33. The monoisotopic (exact) mass is 290 g/mol. The van der Waals surface area contributed by atoms with Gasteiger partial charge in [0.25, 0.3) is 0 Å². The van der Waals surface area contributed by atoms with Crippen LogP contribution in [0.3, 0.4) is 0 Å². The maximum absolute atomic E-state index is 11.6. The third kappa shape index (κ3) is 5.02. The molecule has 112 valence electrons. The summed E-state index contributed by atoms with van der Waals surface area (Å²) in [5.41, 5.74) is 0. The minimum absolute atomic E-state index is 0.103. The van der Waals surface area contributed by atoms with E-state index in [1.54, 1.807) is 0 Å². The number of morpholine rings is 1. The molecular formula is C13H26N2O3S. The van der Waals surface area contributed by atoms with Gasteiger partial charge in [-0.2, -0.15) is 0 Å². The minimum Gasteiger partial charge on any atom is -0.373 e. The Hall–Kier alpha value is -0.170. The van der Waals surface area contributed by atoms with Crippen LogP contribution < -0.4 is 4.72 Å². The number of nitrogens with zero attached hydrogens (tertiary/aromatic N) is 1. The first-order valence-corrected chi connectivity index (χ1v) is 8.88. The summed E-state index contributed by atoms with van der Waals surface area (Å²) >= 11 is 0. The van der Waals surface area contributed by atoms with Gasteiger partial charge in [0, 0.05) is 19.6 Å². The van der Waals surface area contributed by atoms with Crippen LogP contribution in [0.1, 0.15) is 39.5 Å². The van der Waals surface area contributed by atoms with Crippen LogP contribution in [0.15, 0.2) is 0 Å². The molecule has 1 saturated heterocycles. The van der Waals surface area contributed by atoms with E-state index < -0.39 is 10.0 Å². The van der Waals surface area contributed by atoms with Gasteiger partial charge in [0.05, 0.1) is 17.5 Å². The van der Waals surface area contributed by atoms with E-state index in [1.165, 1.54) is 0 Å². The summed E-state index contributed by atoms with van der Waals surface area (Å²) in [5.74, 6) is 0. The molecule has 0 bridgehead atoms. The molecule has 1 aliphatic heterocycles. The molecule has 0 unspecified atom stereocenters. The van der Waals surface area contributed by atoms with Crippen molar-refractivity contribution in [1.29, 1.82) is 0 Å². The van der Waals surface area contributed by atoms with Crippen LogP contribution in [-0.2, 0) is 14.8 Å². The molecule has 2 aliphatic rings. The third-order valence-corrected chi connectivity index (χ3v) is 5.62. The highest BCUT2D eigenvalue weighted by Crippen LogP contribution is 2.27. The van der Waals surface area contributed by atoms with Crippen LogP contribution in [0, 0.1) is 0 Å². The van der Waals surface area contributed by atoms with Crippen molar-refractivity contribution in [2.24, 2.45) is 0 Å². The highest BCUT2D eigenvalue weighted by atomic mass is 32.2. The van der Waals surface area contributed by atoms with Gasteiger partial charge in [-0.15, -0.1) is 0 Å². The fraction of sp³-hybridized carbons (Fsp3) is 1.00. The van der Waals surface area contributed by atoms with Crippen LogP contribution in [-0.4, -0.2) is 57.0 Å². The van der Waals surface area contributed by atoms with Gasteiger partial charge in [-0.1, -0.05) is 0 Å². The molecule has 0 aromatic heterocycles. The molecule has 0 amide bonds. The molecule has 1 saturated carbocycles. The Balaban J connectivity index is 1.56. The molecule has 2 rings (SSSR count). The zero-order chi connectivity index (χ0) is 13.9. The van der Waals surface area contributed by atoms with Crippen molar-refractivity contribution in [3.05, 3.63) is 0 Å². The largest absolute Gasteiger partial charge is 0.373 e. The Bertz CT molecular complexity index is 371. The number of unbranched alkanes of at least 4 members (excludes halogenated alkanes) is 1. The normalized spacial score (nSPS) is 29.6. The zero-order valence-corrected chi connectivity index (χ0v) is 12.8. The average molecular weight is 290 g/mol. The van der Waals surface area contributed by atoms with E-state index in [1.807, 2.05) is 0 Å². The standard InChI is InChI=1S/C13H26N2O3S/c1-11-9-15(10-12(2)18-11)8-4-3-7-14-19(16,17)13-5-6-13/h11-14H,3-10H2,1-2H3/t11-,12-/m1/s1. The van der Waals surface area contributed by atoms with Crippen molar-refractivity contribution in [1.82, 2.24) is 9.62 Å². The smallest absolute Gasteiger partial charge is 0.214 e. The van der Waals surface area contributed by atoms with Crippen LogP contribution >= 0.6 is 0 Å². The van der Waals surface area contributed by atoms with E-state index in [4.69, 9.17) is 4.74 Å². The van der Waals surface area contributed by atoms with Gasteiger partial charge in [-0.05, 0) is 46.1 Å². The van der Waals surface area contributed by atoms with Gasteiger partial charge in [-0.25, -0.2) is 13.1 Å². The topological polar surface area (TPSA) is 58.6 Å². The van der Waals surface area contributed by atoms with Crippen molar-refractivity contribution in [2.45, 2.75) is 57.0 Å². The van der Waals surface area contributed by atoms with Crippen LogP contribution in [0.2, 0.25) is 0 Å². The summed E-state index contributed by atoms with van der Waals surface area (Å²) in [6, 6.07) is 0. The number of hydrogen-bond acceptors (Lipinski definition) is 4. The number of ether oxygens (including phenoxy) is 1. The lowest BCUT2D eigenvalue weighted by atomic mass is 10.2. The molecule has 6 heteroatoms.